The van der Waals surface area contributed by atoms with Gasteiger partial charge in [0.05, 0.1) is 0 Å². The zero-order chi connectivity index (χ0) is 17.8. The number of hydrogen-bond donors (Lipinski definition) is 1. The number of hydrogen-bond acceptors (Lipinski definition) is 3. The Morgan fingerprint density at radius 1 is 1.21 bits per heavy atom. The molecule has 4 nitrogen and oxygen atoms in total. The summed E-state index contributed by atoms with van der Waals surface area (Å²) in [5, 5.41) is 0. The summed E-state index contributed by atoms with van der Waals surface area (Å²) >= 11 is -2.51. The van der Waals surface area contributed by atoms with Crippen LogP contribution in [0.5, 0.6) is 5.75 Å². The molecule has 1 aliphatic rings. The molecule has 0 bridgehead atoms. The van der Waals surface area contributed by atoms with Gasteiger partial charge in [0, 0.05) is 5.92 Å². The largest absolute Gasteiger partial charge is 0.449 e. The fourth-order valence-electron chi connectivity index (χ4n) is 3.27. The number of para-hydroxylation sites is 1. The Morgan fingerprint density at radius 3 is 2.38 bits per heavy atom. The lowest BCUT2D eigenvalue weighted by molar-refractivity contribution is -0.113. The van der Waals surface area contributed by atoms with Gasteiger partial charge in [0.2, 0.25) is 0 Å². The van der Waals surface area contributed by atoms with Crippen LogP contribution in [0.2, 0.25) is 0 Å². The molecule has 1 N–H and O–H groups in total. The Labute approximate surface area is 147 Å². The van der Waals surface area contributed by atoms with E-state index in [4.69, 9.17) is 15.3 Å². The van der Waals surface area contributed by atoms with Crippen molar-refractivity contribution in [3.63, 3.8) is 0 Å². The van der Waals surface area contributed by atoms with Crippen LogP contribution in [0.4, 0.5) is 0 Å². The average molecular weight is 350 g/mol. The molecule has 0 aliphatic heterocycles. The molecular formula is C19H26O4S. The monoisotopic (exact) mass is 350 g/mol. The summed E-state index contributed by atoms with van der Waals surface area (Å²) in [5.41, 5.74) is 0.828. The van der Waals surface area contributed by atoms with Crippen molar-refractivity contribution in [1.82, 2.24) is 0 Å². The minimum Gasteiger partial charge on any atom is -0.449 e. The van der Waals surface area contributed by atoms with E-state index in [1.165, 1.54) is 0 Å². The summed E-state index contributed by atoms with van der Waals surface area (Å²) in [5.74, 6) is 1.51. The fraction of sp³-hybridized carbons (Fsp3) is 0.579. The van der Waals surface area contributed by atoms with E-state index in [0.717, 1.165) is 37.7 Å². The summed E-state index contributed by atoms with van der Waals surface area (Å²) in [6.07, 6.45) is 10.5. The Balaban J connectivity index is 2.42. The van der Waals surface area contributed by atoms with Crippen LogP contribution in [0.1, 0.15) is 58.4 Å². The SMILES string of the molecule is C#CC(Oc1ccccc1C(C)(C)C)(OS(=O)O)C1CCCCC1. The quantitative estimate of drug-likeness (QED) is 0.485. The normalized spacial score (nSPS) is 20.0. The lowest BCUT2D eigenvalue weighted by Gasteiger charge is -2.37. The molecule has 0 saturated heterocycles. The smallest absolute Gasteiger partial charge is 0.306 e. The van der Waals surface area contributed by atoms with Crippen LogP contribution in [0.25, 0.3) is 0 Å². The van der Waals surface area contributed by atoms with Gasteiger partial charge in [-0.2, -0.15) is 4.21 Å². The maximum absolute atomic E-state index is 11.4. The van der Waals surface area contributed by atoms with Gasteiger partial charge in [0.1, 0.15) is 5.75 Å². The second kappa shape index (κ2) is 7.69. The molecule has 0 amide bonds. The van der Waals surface area contributed by atoms with Gasteiger partial charge in [-0.25, -0.2) is 4.18 Å². The van der Waals surface area contributed by atoms with Crippen molar-refractivity contribution in [1.29, 1.82) is 0 Å². The standard InChI is InChI=1S/C19H26O4S/c1-5-19(23-24(20)21,15-11-7-6-8-12-15)22-17-14-10-9-13-16(17)18(2,3)4/h1,9-10,13-15H,6-8,11-12H2,2-4H3,(H,20,21). The van der Waals surface area contributed by atoms with Crippen LogP contribution in [-0.4, -0.2) is 14.5 Å². The molecule has 2 unspecified atom stereocenters. The predicted molar refractivity (Wildman–Crippen MR) is 95.8 cm³/mol. The number of terminal acetylenes is 1. The maximum atomic E-state index is 11.4. The number of benzene rings is 1. The van der Waals surface area contributed by atoms with Gasteiger partial charge in [-0.15, -0.1) is 6.42 Å². The molecule has 0 aromatic heterocycles. The van der Waals surface area contributed by atoms with E-state index in [9.17, 15) is 8.76 Å². The van der Waals surface area contributed by atoms with Gasteiger partial charge >= 0.3 is 11.4 Å². The molecule has 1 fully saturated rings. The van der Waals surface area contributed by atoms with Crippen LogP contribution < -0.4 is 4.74 Å². The molecule has 1 aromatic carbocycles. The summed E-state index contributed by atoms with van der Waals surface area (Å²) in [7, 11) is 0. The van der Waals surface area contributed by atoms with Gasteiger partial charge in [-0.05, 0) is 35.8 Å². The highest BCUT2D eigenvalue weighted by Gasteiger charge is 2.44. The van der Waals surface area contributed by atoms with Crippen molar-refractivity contribution in [3.8, 4) is 18.1 Å². The van der Waals surface area contributed by atoms with Crippen molar-refractivity contribution in [2.24, 2.45) is 5.92 Å². The van der Waals surface area contributed by atoms with E-state index in [2.05, 4.69) is 26.7 Å². The zero-order valence-electron chi connectivity index (χ0n) is 14.6. The summed E-state index contributed by atoms with van der Waals surface area (Å²) in [6.45, 7) is 6.25. The molecule has 1 saturated carbocycles. The van der Waals surface area contributed by atoms with Crippen molar-refractivity contribution >= 4 is 11.4 Å². The van der Waals surface area contributed by atoms with Gasteiger partial charge in [0.15, 0.2) is 0 Å². The molecule has 0 heterocycles. The van der Waals surface area contributed by atoms with E-state index >= 15 is 0 Å². The molecule has 1 aliphatic carbocycles. The van der Waals surface area contributed by atoms with Gasteiger partial charge in [0.25, 0.3) is 5.79 Å². The van der Waals surface area contributed by atoms with Crippen LogP contribution >= 0.6 is 0 Å². The third-order valence-electron chi connectivity index (χ3n) is 4.50. The minimum atomic E-state index is -2.51. The highest BCUT2D eigenvalue weighted by atomic mass is 32.2. The van der Waals surface area contributed by atoms with Crippen molar-refractivity contribution in [3.05, 3.63) is 29.8 Å². The highest BCUT2D eigenvalue weighted by Crippen LogP contribution is 2.40. The van der Waals surface area contributed by atoms with Crippen LogP contribution in [-0.2, 0) is 21.0 Å². The third-order valence-corrected chi connectivity index (χ3v) is 4.89. The Hall–Kier alpha value is -1.35. The topological polar surface area (TPSA) is 55.8 Å². The van der Waals surface area contributed by atoms with Crippen LogP contribution in [0.3, 0.4) is 0 Å². The van der Waals surface area contributed by atoms with E-state index in [1.54, 1.807) is 0 Å². The summed E-state index contributed by atoms with van der Waals surface area (Å²) in [6, 6.07) is 7.62. The predicted octanol–water partition coefficient (Wildman–Crippen LogP) is 4.43. The maximum Gasteiger partial charge on any atom is 0.306 e. The second-order valence-electron chi connectivity index (χ2n) is 7.30. The van der Waals surface area contributed by atoms with E-state index < -0.39 is 17.1 Å². The van der Waals surface area contributed by atoms with Crippen molar-refractivity contribution < 1.29 is 17.7 Å². The number of ether oxygens (including phenoxy) is 1. The minimum absolute atomic E-state index is 0.111. The van der Waals surface area contributed by atoms with E-state index in [-0.39, 0.29) is 11.3 Å². The molecular weight excluding hydrogens is 324 g/mol. The summed E-state index contributed by atoms with van der Waals surface area (Å²) in [4.78, 5) is 0. The molecule has 0 spiro atoms. The average Bonchev–Trinajstić information content (AvgIpc) is 2.54. The molecule has 0 radical (unpaired) electrons. The molecule has 2 rings (SSSR count). The Morgan fingerprint density at radius 2 is 1.83 bits per heavy atom. The molecule has 5 heteroatoms. The molecule has 1 aromatic rings. The fourth-order valence-corrected chi connectivity index (χ4v) is 3.70. The van der Waals surface area contributed by atoms with Crippen LogP contribution in [0.15, 0.2) is 24.3 Å². The third kappa shape index (κ3) is 4.38. The van der Waals surface area contributed by atoms with E-state index in [0.29, 0.717) is 5.75 Å². The van der Waals surface area contributed by atoms with Crippen molar-refractivity contribution in [2.45, 2.75) is 64.1 Å². The lowest BCUT2D eigenvalue weighted by Crippen LogP contribution is -2.47. The molecule has 24 heavy (non-hydrogen) atoms. The van der Waals surface area contributed by atoms with Gasteiger partial charge < -0.3 is 4.74 Å². The van der Waals surface area contributed by atoms with E-state index in [1.807, 2.05) is 24.3 Å². The first-order valence-electron chi connectivity index (χ1n) is 8.35. The Bertz CT molecular complexity index is 623. The first-order chi connectivity index (χ1) is 11.3. The Kier molecular flexibility index (Phi) is 6.08. The number of rotatable bonds is 5. The summed E-state index contributed by atoms with van der Waals surface area (Å²) < 4.78 is 32.1. The first-order valence-corrected chi connectivity index (χ1v) is 9.38. The highest BCUT2D eigenvalue weighted by molar-refractivity contribution is 7.74. The van der Waals surface area contributed by atoms with Crippen molar-refractivity contribution in [2.75, 3.05) is 0 Å². The zero-order valence-corrected chi connectivity index (χ0v) is 15.4. The molecule has 132 valence electrons. The first kappa shape index (κ1) is 19.0. The molecule has 2 atom stereocenters. The van der Waals surface area contributed by atoms with Gasteiger partial charge in [-0.1, -0.05) is 58.2 Å². The van der Waals surface area contributed by atoms with Gasteiger partial charge in [-0.3, -0.25) is 4.55 Å². The van der Waals surface area contributed by atoms with Crippen LogP contribution in [0, 0.1) is 18.3 Å². The lowest BCUT2D eigenvalue weighted by atomic mass is 9.82. The second-order valence-corrected chi connectivity index (χ2v) is 7.90.